The second-order valence-corrected chi connectivity index (χ2v) is 18.6. The van der Waals surface area contributed by atoms with Crippen molar-refractivity contribution in [3.8, 4) is 33.6 Å². The van der Waals surface area contributed by atoms with E-state index in [0.29, 0.717) is 32.7 Å². The van der Waals surface area contributed by atoms with Gasteiger partial charge in [-0.1, -0.05) is 87.1 Å². The van der Waals surface area contributed by atoms with Gasteiger partial charge < -0.3 is 44.6 Å². The molecule has 4 fully saturated rings. The Labute approximate surface area is 374 Å². The average molecular weight is 875 g/mol. The van der Waals surface area contributed by atoms with Crippen LogP contribution in [0.15, 0.2) is 54.7 Å². The number of carbonyl (C=O) groups is 4. The van der Waals surface area contributed by atoms with Crippen LogP contribution in [0.4, 0.5) is 9.59 Å². The minimum absolute atomic E-state index is 0.0603. The van der Waals surface area contributed by atoms with Crippen molar-refractivity contribution in [3.05, 3.63) is 72.1 Å². The number of carbonyl (C=O) groups excluding carboxylic acids is 4. The molecule has 0 unspecified atom stereocenters. The molecule has 2 saturated carbocycles. The van der Waals surface area contributed by atoms with Crippen LogP contribution < -0.4 is 10.6 Å². The van der Waals surface area contributed by atoms with Gasteiger partial charge in [0.2, 0.25) is 11.8 Å². The minimum Gasteiger partial charge on any atom is -0.453 e. The zero-order valence-electron chi connectivity index (χ0n) is 37.2. The van der Waals surface area contributed by atoms with E-state index in [2.05, 4.69) is 69.1 Å². The highest BCUT2D eigenvalue weighted by Crippen LogP contribution is 2.58. The van der Waals surface area contributed by atoms with Crippen molar-refractivity contribution in [1.82, 2.24) is 40.4 Å². The van der Waals surface area contributed by atoms with E-state index >= 15 is 0 Å². The van der Waals surface area contributed by atoms with E-state index in [1.54, 1.807) is 0 Å². The molecule has 2 aromatic carbocycles. The third kappa shape index (κ3) is 9.41. The van der Waals surface area contributed by atoms with Crippen molar-refractivity contribution in [2.24, 2.45) is 11.3 Å². The number of methoxy groups -OCH3 is 2. The van der Waals surface area contributed by atoms with E-state index in [1.165, 1.54) is 14.2 Å². The maximum Gasteiger partial charge on any atom is 0.407 e. The van der Waals surface area contributed by atoms with Crippen LogP contribution in [-0.2, 0) is 30.4 Å². The van der Waals surface area contributed by atoms with E-state index in [4.69, 9.17) is 24.2 Å². The SMILES string of the molecule is COC(=O)N[C@H]1CCCCCCOCc2[nH]c(nc2-c2ccc(-c3ccc(-c4cnc([C@H]5CCCN5C(=O)[C@@H](NC(=O)OC)C5CCCCC5)[nH]4)cc3)cc2)[C@@H]2CC3(CC3)CN2C1=O. The molecule has 0 radical (unpaired) electrons. The average Bonchev–Trinajstić information content (AvgIpc) is 3.81. The normalized spacial score (nSPS) is 23.2. The first-order valence-corrected chi connectivity index (χ1v) is 23.4. The van der Waals surface area contributed by atoms with Crippen molar-refractivity contribution < 1.29 is 33.4 Å². The zero-order valence-corrected chi connectivity index (χ0v) is 37.2. The number of hydrogen-bond acceptors (Lipinski definition) is 9. The molecule has 2 bridgehead atoms. The molecule has 3 aliphatic heterocycles. The van der Waals surface area contributed by atoms with Crippen LogP contribution in [0.5, 0.6) is 0 Å². The van der Waals surface area contributed by atoms with E-state index in [1.807, 2.05) is 16.0 Å². The first-order valence-electron chi connectivity index (χ1n) is 23.4. The molecule has 9 rings (SSSR count). The maximum atomic E-state index is 14.2. The summed E-state index contributed by atoms with van der Waals surface area (Å²) in [5.74, 6) is 1.46. The van der Waals surface area contributed by atoms with Crippen LogP contribution in [0.2, 0.25) is 0 Å². The van der Waals surface area contributed by atoms with Crippen molar-refractivity contribution >= 4 is 24.0 Å². The van der Waals surface area contributed by atoms with Crippen molar-refractivity contribution in [2.75, 3.05) is 33.9 Å². The van der Waals surface area contributed by atoms with Gasteiger partial charge in [0.15, 0.2) is 0 Å². The van der Waals surface area contributed by atoms with Crippen LogP contribution in [0, 0.1) is 11.3 Å². The molecule has 340 valence electrons. The fourth-order valence-electron chi connectivity index (χ4n) is 10.6. The number of ether oxygens (including phenoxy) is 3. The lowest BCUT2D eigenvalue weighted by atomic mass is 9.83. The molecule has 4 aromatic rings. The Morgan fingerprint density at radius 1 is 0.781 bits per heavy atom. The molecule has 15 nitrogen and oxygen atoms in total. The molecular formula is C49H62N8O7. The minimum atomic E-state index is -0.652. The van der Waals surface area contributed by atoms with Crippen LogP contribution >= 0.6 is 0 Å². The van der Waals surface area contributed by atoms with Crippen molar-refractivity contribution in [2.45, 2.75) is 127 Å². The Balaban J connectivity index is 0.908. The second kappa shape index (κ2) is 19.2. The standard InChI is InChI=1S/C49H62N8O7/c1-62-47(60)53-36-13-8-3-4-9-26-64-29-38-41(54-44(52-38)40-27-49(23-24-49)30-57(40)45(36)58)35-21-17-32(18-22-35)31-15-19-33(20-16-31)37-28-50-43(51-37)39-14-10-25-56(39)46(59)42(55-48(61)63-2)34-11-6-5-7-12-34/h15-22,28,34,36,39-40,42H,3-14,23-27,29-30H2,1-2H3,(H,50,51)(H,52,54)(H,53,60)(H,55,61)/t36-,39+,40-,42-/m0/s1. The van der Waals surface area contributed by atoms with Crippen LogP contribution in [0.3, 0.4) is 0 Å². The number of rotatable bonds is 8. The Kier molecular flexibility index (Phi) is 13.1. The molecule has 2 aromatic heterocycles. The number of fused-ring (bicyclic) bond motifs is 4. The number of alkyl carbamates (subject to hydrolysis) is 2. The van der Waals surface area contributed by atoms with Crippen LogP contribution in [0.1, 0.15) is 126 Å². The largest absolute Gasteiger partial charge is 0.453 e. The smallest absolute Gasteiger partial charge is 0.407 e. The van der Waals surface area contributed by atoms with Gasteiger partial charge in [0.05, 0.1) is 56.2 Å². The lowest BCUT2D eigenvalue weighted by Gasteiger charge is -2.34. The van der Waals surface area contributed by atoms with Crippen molar-refractivity contribution in [3.63, 3.8) is 0 Å². The monoisotopic (exact) mass is 874 g/mol. The number of H-pyrrole nitrogens is 2. The van der Waals surface area contributed by atoms with Gasteiger partial charge in [-0.05, 0) is 85.8 Å². The number of benzene rings is 2. The third-order valence-corrected chi connectivity index (χ3v) is 14.4. The molecule has 5 aliphatic rings. The summed E-state index contributed by atoms with van der Waals surface area (Å²) in [5, 5.41) is 5.71. The highest BCUT2D eigenvalue weighted by molar-refractivity contribution is 5.87. The Morgan fingerprint density at radius 2 is 1.45 bits per heavy atom. The third-order valence-electron chi connectivity index (χ3n) is 14.4. The van der Waals surface area contributed by atoms with Crippen LogP contribution in [0.25, 0.3) is 33.6 Å². The maximum absolute atomic E-state index is 14.2. The Bertz CT molecular complexity index is 2280. The summed E-state index contributed by atoms with van der Waals surface area (Å²) >= 11 is 0. The summed E-state index contributed by atoms with van der Waals surface area (Å²) in [6.07, 6.45) is 14.6. The van der Waals surface area contributed by atoms with Gasteiger partial charge in [-0.2, -0.15) is 0 Å². The number of likely N-dealkylation sites (tertiary alicyclic amines) is 1. The number of imidazole rings is 2. The van der Waals surface area contributed by atoms with Gasteiger partial charge in [0, 0.05) is 25.3 Å². The lowest BCUT2D eigenvalue weighted by molar-refractivity contribution is -0.136. The van der Waals surface area contributed by atoms with Crippen LogP contribution in [-0.4, -0.2) is 99.7 Å². The highest BCUT2D eigenvalue weighted by Gasteiger charge is 2.55. The lowest BCUT2D eigenvalue weighted by Crippen LogP contribution is -2.52. The molecule has 4 amide bonds. The topological polar surface area (TPSA) is 184 Å². The zero-order chi connectivity index (χ0) is 44.2. The number of aromatic amines is 2. The number of amides is 4. The summed E-state index contributed by atoms with van der Waals surface area (Å²) < 4.78 is 16.0. The molecule has 15 heteroatoms. The van der Waals surface area contributed by atoms with Crippen molar-refractivity contribution in [1.29, 1.82) is 0 Å². The van der Waals surface area contributed by atoms with E-state index in [-0.39, 0.29) is 35.2 Å². The molecule has 4 N–H and O–H groups in total. The fraction of sp³-hybridized carbons (Fsp3) is 0.551. The Hall–Kier alpha value is -5.70. The molecule has 4 atom stereocenters. The number of aromatic nitrogens is 4. The van der Waals surface area contributed by atoms with Gasteiger partial charge in [0.1, 0.15) is 23.7 Å². The summed E-state index contributed by atoms with van der Waals surface area (Å²) in [7, 11) is 2.66. The van der Waals surface area contributed by atoms with Gasteiger partial charge in [0.25, 0.3) is 0 Å². The molecule has 2 aliphatic carbocycles. The number of nitrogens with one attached hydrogen (secondary N) is 4. The van der Waals surface area contributed by atoms with E-state index < -0.39 is 24.3 Å². The summed E-state index contributed by atoms with van der Waals surface area (Å²) in [5.41, 5.74) is 6.75. The summed E-state index contributed by atoms with van der Waals surface area (Å²) in [6, 6.07) is 15.1. The second-order valence-electron chi connectivity index (χ2n) is 18.6. The van der Waals surface area contributed by atoms with E-state index in [0.717, 1.165) is 141 Å². The van der Waals surface area contributed by atoms with Gasteiger partial charge >= 0.3 is 12.2 Å². The molecule has 2 saturated heterocycles. The Morgan fingerprint density at radius 3 is 2.17 bits per heavy atom. The van der Waals surface area contributed by atoms with E-state index in [9.17, 15) is 19.2 Å². The summed E-state index contributed by atoms with van der Waals surface area (Å²) in [4.78, 5) is 73.9. The summed E-state index contributed by atoms with van der Waals surface area (Å²) in [6.45, 7) is 2.29. The molecular weight excluding hydrogens is 813 g/mol. The first-order chi connectivity index (χ1) is 31.2. The molecule has 5 heterocycles. The van der Waals surface area contributed by atoms with Gasteiger partial charge in [-0.25, -0.2) is 19.6 Å². The van der Waals surface area contributed by atoms with Gasteiger partial charge in [-0.3, -0.25) is 9.59 Å². The molecule has 1 spiro atoms. The predicted molar refractivity (Wildman–Crippen MR) is 239 cm³/mol. The quantitative estimate of drug-likeness (QED) is 0.135. The predicted octanol–water partition coefficient (Wildman–Crippen LogP) is 8.36. The van der Waals surface area contributed by atoms with Gasteiger partial charge in [-0.15, -0.1) is 0 Å². The number of hydrogen-bond donors (Lipinski definition) is 4. The first kappa shape index (κ1) is 43.5. The highest BCUT2D eigenvalue weighted by atomic mass is 16.5. The fourth-order valence-corrected chi connectivity index (χ4v) is 10.6. The number of nitrogens with zero attached hydrogens (tertiary/aromatic N) is 4. The molecule has 64 heavy (non-hydrogen) atoms.